The largest absolute Gasteiger partial charge is 0.484 e. The van der Waals surface area contributed by atoms with Crippen molar-refractivity contribution in [2.24, 2.45) is 0 Å². The Morgan fingerprint density at radius 3 is 2.08 bits per heavy atom. The van der Waals surface area contributed by atoms with Gasteiger partial charge in [-0.1, -0.05) is 60.7 Å². The average molecular weight is 479 g/mol. The SMILES string of the molecule is O=C(c1ccccc1)c1ccc(OCC(=O)N2CCN(c3cc(-c4ccccc4)ncn3)CC2)cc1. The molecule has 0 N–H and O–H groups in total. The number of ether oxygens (including phenoxy) is 1. The Bertz CT molecular complexity index is 1320. The van der Waals surface area contributed by atoms with Crippen LogP contribution in [0, 0.1) is 0 Å². The summed E-state index contributed by atoms with van der Waals surface area (Å²) in [7, 11) is 0. The van der Waals surface area contributed by atoms with E-state index in [2.05, 4.69) is 14.9 Å². The second-order valence-corrected chi connectivity index (χ2v) is 8.50. The highest BCUT2D eigenvalue weighted by Crippen LogP contribution is 2.21. The Hall–Kier alpha value is -4.52. The molecular formula is C29H26N4O3. The molecule has 1 aliphatic heterocycles. The van der Waals surface area contributed by atoms with Crippen LogP contribution in [0.15, 0.2) is 97.3 Å². The summed E-state index contributed by atoms with van der Waals surface area (Å²) in [6.45, 7) is 2.52. The van der Waals surface area contributed by atoms with Gasteiger partial charge in [0.15, 0.2) is 12.4 Å². The zero-order valence-corrected chi connectivity index (χ0v) is 19.8. The highest BCUT2D eigenvalue weighted by Gasteiger charge is 2.22. The molecule has 0 spiro atoms. The molecule has 7 heteroatoms. The maximum Gasteiger partial charge on any atom is 0.260 e. The number of ketones is 1. The van der Waals surface area contributed by atoms with Crippen LogP contribution in [0.2, 0.25) is 0 Å². The third-order valence-corrected chi connectivity index (χ3v) is 6.19. The summed E-state index contributed by atoms with van der Waals surface area (Å²) in [6.07, 6.45) is 1.59. The van der Waals surface area contributed by atoms with Gasteiger partial charge in [-0.2, -0.15) is 0 Å². The molecular weight excluding hydrogens is 452 g/mol. The third kappa shape index (κ3) is 5.41. The smallest absolute Gasteiger partial charge is 0.260 e. The van der Waals surface area contributed by atoms with Gasteiger partial charge >= 0.3 is 0 Å². The minimum absolute atomic E-state index is 0.0440. The molecule has 0 atom stereocenters. The molecule has 7 nitrogen and oxygen atoms in total. The predicted molar refractivity (Wildman–Crippen MR) is 138 cm³/mol. The molecule has 36 heavy (non-hydrogen) atoms. The zero-order chi connectivity index (χ0) is 24.7. The van der Waals surface area contributed by atoms with Crippen LogP contribution in [-0.2, 0) is 4.79 Å². The van der Waals surface area contributed by atoms with Crippen molar-refractivity contribution in [1.29, 1.82) is 0 Å². The maximum absolute atomic E-state index is 12.7. The van der Waals surface area contributed by atoms with E-state index in [1.807, 2.05) is 59.5 Å². The summed E-state index contributed by atoms with van der Waals surface area (Å²) in [5.74, 6) is 1.31. The van der Waals surface area contributed by atoms with E-state index < -0.39 is 0 Å². The first-order valence-electron chi connectivity index (χ1n) is 11.9. The molecule has 1 amide bonds. The lowest BCUT2D eigenvalue weighted by Crippen LogP contribution is -2.50. The lowest BCUT2D eigenvalue weighted by atomic mass is 10.0. The van der Waals surface area contributed by atoms with Gasteiger partial charge in [0.1, 0.15) is 17.9 Å². The summed E-state index contributed by atoms with van der Waals surface area (Å²) in [5.41, 5.74) is 3.14. The van der Waals surface area contributed by atoms with Gasteiger partial charge in [-0.25, -0.2) is 9.97 Å². The molecule has 1 fully saturated rings. The number of anilines is 1. The van der Waals surface area contributed by atoms with Gasteiger partial charge in [-0.15, -0.1) is 0 Å². The highest BCUT2D eigenvalue weighted by molar-refractivity contribution is 6.09. The van der Waals surface area contributed by atoms with Crippen molar-refractivity contribution in [3.05, 3.63) is 108 Å². The summed E-state index contributed by atoms with van der Waals surface area (Å²) in [4.78, 5) is 38.1. The molecule has 2 heterocycles. The fourth-order valence-corrected chi connectivity index (χ4v) is 4.17. The molecule has 1 aromatic heterocycles. The minimum atomic E-state index is -0.0632. The number of carbonyl (C=O) groups is 2. The van der Waals surface area contributed by atoms with E-state index in [0.29, 0.717) is 43.1 Å². The number of amides is 1. The molecule has 1 aliphatic rings. The lowest BCUT2D eigenvalue weighted by molar-refractivity contribution is -0.133. The Morgan fingerprint density at radius 1 is 0.750 bits per heavy atom. The molecule has 0 radical (unpaired) electrons. The van der Waals surface area contributed by atoms with Crippen LogP contribution in [0.1, 0.15) is 15.9 Å². The quantitative estimate of drug-likeness (QED) is 0.372. The van der Waals surface area contributed by atoms with Crippen LogP contribution in [0.25, 0.3) is 11.3 Å². The second-order valence-electron chi connectivity index (χ2n) is 8.50. The highest BCUT2D eigenvalue weighted by atomic mass is 16.5. The Labute approximate surface area is 210 Å². The summed E-state index contributed by atoms with van der Waals surface area (Å²) >= 11 is 0. The standard InChI is InChI=1S/C29H26N4O3/c34-28(20-36-25-13-11-24(12-14-25)29(35)23-9-5-2-6-10-23)33-17-15-32(16-18-33)27-19-26(30-21-31-27)22-7-3-1-4-8-22/h1-14,19,21H,15-18,20H2. The molecule has 3 aromatic carbocycles. The maximum atomic E-state index is 12.7. The van der Waals surface area contributed by atoms with Gasteiger partial charge < -0.3 is 14.5 Å². The first-order valence-corrected chi connectivity index (χ1v) is 11.9. The van der Waals surface area contributed by atoms with Gasteiger partial charge in [0.25, 0.3) is 5.91 Å². The first kappa shape index (κ1) is 23.2. The topological polar surface area (TPSA) is 75.6 Å². The Kier molecular flexibility index (Phi) is 6.98. The van der Waals surface area contributed by atoms with Crippen molar-refractivity contribution in [3.8, 4) is 17.0 Å². The Balaban J connectivity index is 1.12. The number of carbonyl (C=O) groups excluding carboxylic acids is 2. The van der Waals surface area contributed by atoms with Gasteiger partial charge in [0.2, 0.25) is 0 Å². The number of aromatic nitrogens is 2. The van der Waals surface area contributed by atoms with Crippen LogP contribution in [0.4, 0.5) is 5.82 Å². The monoisotopic (exact) mass is 478 g/mol. The van der Waals surface area contributed by atoms with Gasteiger partial charge in [-0.05, 0) is 24.3 Å². The number of hydrogen-bond acceptors (Lipinski definition) is 6. The summed E-state index contributed by atoms with van der Waals surface area (Å²) in [5, 5.41) is 0. The number of hydrogen-bond donors (Lipinski definition) is 0. The Morgan fingerprint density at radius 2 is 1.39 bits per heavy atom. The number of nitrogens with zero attached hydrogens (tertiary/aromatic N) is 4. The number of rotatable bonds is 7. The molecule has 180 valence electrons. The van der Waals surface area contributed by atoms with E-state index >= 15 is 0 Å². The molecule has 0 bridgehead atoms. The number of piperazine rings is 1. The van der Waals surface area contributed by atoms with Crippen molar-refractivity contribution in [1.82, 2.24) is 14.9 Å². The van der Waals surface area contributed by atoms with Crippen LogP contribution in [-0.4, -0.2) is 59.3 Å². The molecule has 1 saturated heterocycles. The van der Waals surface area contributed by atoms with E-state index in [0.717, 1.165) is 17.1 Å². The summed E-state index contributed by atoms with van der Waals surface area (Å²) in [6, 6.07) is 28.0. The fraction of sp³-hybridized carbons (Fsp3) is 0.172. The predicted octanol–water partition coefficient (Wildman–Crippen LogP) is 4.10. The molecule has 4 aromatic rings. The lowest BCUT2D eigenvalue weighted by Gasteiger charge is -2.35. The zero-order valence-electron chi connectivity index (χ0n) is 19.8. The van der Waals surface area contributed by atoms with Crippen LogP contribution in [0.3, 0.4) is 0 Å². The molecule has 0 aliphatic carbocycles. The van der Waals surface area contributed by atoms with Crippen LogP contribution >= 0.6 is 0 Å². The van der Waals surface area contributed by atoms with Crippen molar-refractivity contribution in [2.75, 3.05) is 37.7 Å². The molecule has 0 unspecified atom stereocenters. The van der Waals surface area contributed by atoms with Crippen molar-refractivity contribution in [2.45, 2.75) is 0 Å². The van der Waals surface area contributed by atoms with Gasteiger partial charge in [0, 0.05) is 48.9 Å². The first-order chi connectivity index (χ1) is 17.7. The molecule has 5 rings (SSSR count). The van der Waals surface area contributed by atoms with Gasteiger partial charge in [0.05, 0.1) is 5.69 Å². The van der Waals surface area contributed by atoms with Crippen molar-refractivity contribution < 1.29 is 14.3 Å². The van der Waals surface area contributed by atoms with E-state index in [9.17, 15) is 9.59 Å². The summed E-state index contributed by atoms with van der Waals surface area (Å²) < 4.78 is 5.70. The van der Waals surface area contributed by atoms with Crippen molar-refractivity contribution in [3.63, 3.8) is 0 Å². The van der Waals surface area contributed by atoms with Crippen molar-refractivity contribution >= 4 is 17.5 Å². The molecule has 0 saturated carbocycles. The fourth-order valence-electron chi connectivity index (χ4n) is 4.17. The van der Waals surface area contributed by atoms with E-state index in [4.69, 9.17) is 4.74 Å². The van der Waals surface area contributed by atoms with E-state index in [1.165, 1.54) is 0 Å². The normalized spacial score (nSPS) is 13.3. The van der Waals surface area contributed by atoms with E-state index in [1.54, 1.807) is 42.7 Å². The van der Waals surface area contributed by atoms with E-state index in [-0.39, 0.29) is 18.3 Å². The number of benzene rings is 3. The second kappa shape index (κ2) is 10.8. The average Bonchev–Trinajstić information content (AvgIpc) is 2.97. The third-order valence-electron chi connectivity index (χ3n) is 6.19. The van der Waals surface area contributed by atoms with Crippen LogP contribution < -0.4 is 9.64 Å². The van der Waals surface area contributed by atoms with Crippen LogP contribution in [0.5, 0.6) is 5.75 Å². The minimum Gasteiger partial charge on any atom is -0.484 e. The van der Waals surface area contributed by atoms with Gasteiger partial charge in [-0.3, -0.25) is 9.59 Å².